The van der Waals surface area contributed by atoms with Crippen LogP contribution in [-0.4, -0.2) is 53.0 Å². The van der Waals surface area contributed by atoms with E-state index in [1.165, 1.54) is 6.07 Å². The van der Waals surface area contributed by atoms with Crippen molar-refractivity contribution in [3.05, 3.63) is 23.9 Å². The predicted octanol–water partition coefficient (Wildman–Crippen LogP) is 1.82. The van der Waals surface area contributed by atoms with Gasteiger partial charge in [-0.2, -0.15) is 13.2 Å². The van der Waals surface area contributed by atoms with Crippen molar-refractivity contribution >= 4 is 11.5 Å². The van der Waals surface area contributed by atoms with Crippen LogP contribution in [0.2, 0.25) is 0 Å². The predicted molar refractivity (Wildman–Crippen MR) is 70.7 cm³/mol. The molecule has 0 radical (unpaired) electrons. The fourth-order valence-electron chi connectivity index (χ4n) is 2.91. The molecule has 8 heteroatoms. The van der Waals surface area contributed by atoms with Gasteiger partial charge >= 0.3 is 6.18 Å². The summed E-state index contributed by atoms with van der Waals surface area (Å²) in [5, 5.41) is 12.3. The zero-order chi connectivity index (χ0) is 15.0. The van der Waals surface area contributed by atoms with Gasteiger partial charge < -0.3 is 10.1 Å². The van der Waals surface area contributed by atoms with Crippen LogP contribution < -0.4 is 4.90 Å². The lowest BCUT2D eigenvalue weighted by Gasteiger charge is -2.37. The van der Waals surface area contributed by atoms with Crippen LogP contribution in [0.25, 0.3) is 0 Å². The number of halogens is 3. The van der Waals surface area contributed by atoms with Gasteiger partial charge in [0.25, 0.3) is 0 Å². The van der Waals surface area contributed by atoms with Crippen molar-refractivity contribution in [3.63, 3.8) is 0 Å². The monoisotopic (exact) mass is 300 g/mol. The van der Waals surface area contributed by atoms with Gasteiger partial charge in [0.15, 0.2) is 0 Å². The molecule has 3 heterocycles. The average molecular weight is 300 g/mol. The molecule has 0 aliphatic carbocycles. The quantitative estimate of drug-likeness (QED) is 0.635. The van der Waals surface area contributed by atoms with Crippen LogP contribution in [0, 0.1) is 0 Å². The molecule has 1 aromatic heterocycles. The number of nitrogens with zero attached hydrogens (tertiary/aromatic N) is 4. The number of rotatable bonds is 1. The Balaban J connectivity index is 1.82. The van der Waals surface area contributed by atoms with E-state index in [9.17, 15) is 13.2 Å². The number of pyridine rings is 1. The molecule has 2 aliphatic rings. The Morgan fingerprint density at radius 1 is 1.24 bits per heavy atom. The highest BCUT2D eigenvalue weighted by atomic mass is 19.4. The second-order valence-electron chi connectivity index (χ2n) is 5.22. The van der Waals surface area contributed by atoms with Crippen LogP contribution in [0.15, 0.2) is 23.4 Å². The minimum absolute atomic E-state index is 0.0416. The first-order chi connectivity index (χ1) is 9.99. The first-order valence-electron chi connectivity index (χ1n) is 6.73. The number of piperazine rings is 1. The fraction of sp³-hybridized carbons (Fsp3) is 0.538. The summed E-state index contributed by atoms with van der Waals surface area (Å²) in [6.07, 6.45) is -3.74. The Hall–Kier alpha value is -1.83. The Bertz CT molecular complexity index is 561. The second kappa shape index (κ2) is 5.18. The lowest BCUT2D eigenvalue weighted by Crippen LogP contribution is -2.52. The van der Waals surface area contributed by atoms with E-state index in [2.05, 4.69) is 15.0 Å². The summed E-state index contributed by atoms with van der Waals surface area (Å²) >= 11 is 0. The summed E-state index contributed by atoms with van der Waals surface area (Å²) in [5.74, 6) is 0.314. The van der Waals surface area contributed by atoms with Gasteiger partial charge in [0, 0.05) is 32.6 Å². The first kappa shape index (κ1) is 14.1. The molecule has 0 bridgehead atoms. The second-order valence-corrected chi connectivity index (χ2v) is 5.22. The minimum atomic E-state index is -4.44. The molecular formula is C13H15F3N4O. The topological polar surface area (TPSA) is 52.0 Å². The van der Waals surface area contributed by atoms with Gasteiger partial charge in [0.1, 0.15) is 11.5 Å². The smallest absolute Gasteiger partial charge is 0.411 e. The van der Waals surface area contributed by atoms with Crippen LogP contribution >= 0.6 is 0 Å². The standard InChI is InChI=1S/C13H15F3N4O/c14-13(15,16)11-2-1-3-12(17-11)20-7-6-19-5-4-9(18-21)10(19)8-20/h1-3,10,21H,4-8H2/b18-9+. The molecule has 1 N–H and O–H groups in total. The molecular weight excluding hydrogens is 285 g/mol. The molecule has 2 fully saturated rings. The highest BCUT2D eigenvalue weighted by Crippen LogP contribution is 2.30. The summed E-state index contributed by atoms with van der Waals surface area (Å²) in [6.45, 7) is 2.66. The molecule has 1 unspecified atom stereocenters. The Kier molecular flexibility index (Phi) is 3.48. The zero-order valence-corrected chi connectivity index (χ0v) is 11.2. The van der Waals surface area contributed by atoms with Crippen LogP contribution in [0.3, 0.4) is 0 Å². The molecule has 3 rings (SSSR count). The summed E-state index contributed by atoms with van der Waals surface area (Å²) in [4.78, 5) is 7.70. The Labute approximate surface area is 119 Å². The summed E-state index contributed by atoms with van der Waals surface area (Å²) in [7, 11) is 0. The van der Waals surface area contributed by atoms with E-state index in [-0.39, 0.29) is 6.04 Å². The molecule has 0 spiro atoms. The van der Waals surface area contributed by atoms with Gasteiger partial charge in [0.2, 0.25) is 0 Å². The normalized spacial score (nSPS) is 25.4. The number of fused-ring (bicyclic) bond motifs is 1. The number of oxime groups is 1. The van der Waals surface area contributed by atoms with Crippen molar-refractivity contribution in [2.45, 2.75) is 18.6 Å². The van der Waals surface area contributed by atoms with Crippen LogP contribution in [0.4, 0.5) is 19.0 Å². The van der Waals surface area contributed by atoms with Crippen molar-refractivity contribution in [2.75, 3.05) is 31.1 Å². The van der Waals surface area contributed by atoms with Crippen LogP contribution in [-0.2, 0) is 6.18 Å². The summed E-state index contributed by atoms with van der Waals surface area (Å²) in [5.41, 5.74) is -0.198. The average Bonchev–Trinajstić information content (AvgIpc) is 2.88. The van der Waals surface area contributed by atoms with E-state index in [1.54, 1.807) is 6.07 Å². The third kappa shape index (κ3) is 2.67. The molecule has 0 aromatic carbocycles. The maximum absolute atomic E-state index is 12.7. The Morgan fingerprint density at radius 3 is 2.76 bits per heavy atom. The number of alkyl halides is 3. The molecule has 0 saturated carbocycles. The van der Waals surface area contributed by atoms with Gasteiger partial charge in [-0.1, -0.05) is 11.2 Å². The maximum atomic E-state index is 12.7. The molecule has 5 nitrogen and oxygen atoms in total. The van der Waals surface area contributed by atoms with E-state index in [0.717, 1.165) is 19.2 Å². The van der Waals surface area contributed by atoms with Crippen LogP contribution in [0.5, 0.6) is 0 Å². The van der Waals surface area contributed by atoms with Crippen molar-refractivity contribution in [2.24, 2.45) is 5.16 Å². The SMILES string of the molecule is O/N=C1\CCN2CCN(c3cccc(C(F)(F)F)n3)CC12. The highest BCUT2D eigenvalue weighted by molar-refractivity contribution is 5.91. The van der Waals surface area contributed by atoms with Crippen molar-refractivity contribution < 1.29 is 18.4 Å². The summed E-state index contributed by atoms with van der Waals surface area (Å²) < 4.78 is 38.2. The highest BCUT2D eigenvalue weighted by Gasteiger charge is 2.37. The molecule has 0 amide bonds. The van der Waals surface area contributed by atoms with Gasteiger partial charge in [-0.15, -0.1) is 0 Å². The van der Waals surface area contributed by atoms with Gasteiger partial charge in [-0.25, -0.2) is 4.98 Å². The van der Waals surface area contributed by atoms with E-state index in [4.69, 9.17) is 5.21 Å². The lowest BCUT2D eigenvalue weighted by molar-refractivity contribution is -0.141. The number of anilines is 1. The molecule has 114 valence electrons. The molecule has 2 saturated heterocycles. The third-order valence-electron chi connectivity index (χ3n) is 4.01. The molecule has 2 aliphatic heterocycles. The van der Waals surface area contributed by atoms with Crippen molar-refractivity contribution in [3.8, 4) is 0 Å². The van der Waals surface area contributed by atoms with Crippen molar-refractivity contribution in [1.29, 1.82) is 0 Å². The minimum Gasteiger partial charge on any atom is -0.411 e. The Morgan fingerprint density at radius 2 is 2.05 bits per heavy atom. The van der Waals surface area contributed by atoms with Gasteiger partial charge in [0.05, 0.1) is 11.8 Å². The third-order valence-corrected chi connectivity index (χ3v) is 4.01. The molecule has 21 heavy (non-hydrogen) atoms. The van der Waals surface area contributed by atoms with E-state index in [1.807, 2.05) is 4.90 Å². The van der Waals surface area contributed by atoms with E-state index < -0.39 is 11.9 Å². The van der Waals surface area contributed by atoms with E-state index in [0.29, 0.717) is 31.0 Å². The van der Waals surface area contributed by atoms with Gasteiger partial charge in [-0.3, -0.25) is 4.90 Å². The fourth-order valence-corrected chi connectivity index (χ4v) is 2.91. The van der Waals surface area contributed by atoms with E-state index >= 15 is 0 Å². The summed E-state index contributed by atoms with van der Waals surface area (Å²) in [6, 6.07) is 3.87. The number of hydrogen-bond donors (Lipinski definition) is 1. The number of aromatic nitrogens is 1. The van der Waals surface area contributed by atoms with Crippen molar-refractivity contribution in [1.82, 2.24) is 9.88 Å². The van der Waals surface area contributed by atoms with Gasteiger partial charge in [-0.05, 0) is 12.1 Å². The van der Waals surface area contributed by atoms with Crippen LogP contribution in [0.1, 0.15) is 12.1 Å². The lowest BCUT2D eigenvalue weighted by atomic mass is 10.1. The first-order valence-corrected chi connectivity index (χ1v) is 6.73. The molecule has 1 atom stereocenters. The number of hydrogen-bond acceptors (Lipinski definition) is 5. The zero-order valence-electron chi connectivity index (χ0n) is 11.2. The molecule has 1 aromatic rings. The largest absolute Gasteiger partial charge is 0.433 e. The maximum Gasteiger partial charge on any atom is 0.433 e.